The Balaban J connectivity index is 1.39. The van der Waals surface area contributed by atoms with Gasteiger partial charge in [0.05, 0.1) is 12.7 Å². The van der Waals surface area contributed by atoms with Gasteiger partial charge in [0, 0.05) is 6.07 Å². The van der Waals surface area contributed by atoms with Gasteiger partial charge in [-0.3, -0.25) is 0 Å². The third-order valence-corrected chi connectivity index (χ3v) is 5.31. The van der Waals surface area contributed by atoms with E-state index in [-0.39, 0.29) is 12.0 Å². The standard InChI is InChI=1S/C23H30O3/c24-20-12-7-11-19(16-20)22-14-13-21(17-23(22)25)26-15-6-2-5-10-18-8-3-1-4-9-18/h1,3-4,8-9,13-14,17,19-20,24-25H,2,5-7,10-12,15-16H2. The van der Waals surface area contributed by atoms with E-state index in [1.165, 1.54) is 12.0 Å². The van der Waals surface area contributed by atoms with Gasteiger partial charge >= 0.3 is 0 Å². The van der Waals surface area contributed by atoms with Gasteiger partial charge in [-0.1, -0.05) is 42.8 Å². The molecule has 2 aromatic carbocycles. The summed E-state index contributed by atoms with van der Waals surface area (Å²) in [5.41, 5.74) is 2.33. The molecule has 3 nitrogen and oxygen atoms in total. The van der Waals surface area contributed by atoms with Gasteiger partial charge in [-0.25, -0.2) is 0 Å². The number of phenols is 1. The molecule has 1 aliphatic rings. The number of aryl methyl sites for hydroxylation is 1. The van der Waals surface area contributed by atoms with Gasteiger partial charge < -0.3 is 14.9 Å². The van der Waals surface area contributed by atoms with Crippen LogP contribution in [0.3, 0.4) is 0 Å². The highest BCUT2D eigenvalue weighted by molar-refractivity contribution is 5.42. The fraction of sp³-hybridized carbons (Fsp3) is 0.478. The second-order valence-corrected chi connectivity index (χ2v) is 7.38. The van der Waals surface area contributed by atoms with Gasteiger partial charge in [0.25, 0.3) is 0 Å². The summed E-state index contributed by atoms with van der Waals surface area (Å²) < 4.78 is 5.79. The molecule has 140 valence electrons. The zero-order valence-electron chi connectivity index (χ0n) is 15.4. The van der Waals surface area contributed by atoms with Gasteiger partial charge in [0.1, 0.15) is 11.5 Å². The Morgan fingerprint density at radius 3 is 2.58 bits per heavy atom. The van der Waals surface area contributed by atoms with Crippen molar-refractivity contribution in [3.8, 4) is 11.5 Å². The van der Waals surface area contributed by atoms with Crippen molar-refractivity contribution in [2.24, 2.45) is 0 Å². The molecule has 26 heavy (non-hydrogen) atoms. The molecule has 2 aromatic rings. The smallest absolute Gasteiger partial charge is 0.122 e. The van der Waals surface area contributed by atoms with E-state index < -0.39 is 0 Å². The number of hydrogen-bond acceptors (Lipinski definition) is 3. The number of aromatic hydroxyl groups is 1. The first-order valence-electron chi connectivity index (χ1n) is 9.90. The quantitative estimate of drug-likeness (QED) is 0.640. The molecule has 3 heteroatoms. The fourth-order valence-corrected chi connectivity index (χ4v) is 3.85. The van der Waals surface area contributed by atoms with Gasteiger partial charge in [-0.15, -0.1) is 0 Å². The number of rotatable bonds is 8. The second kappa shape index (κ2) is 9.63. The first-order valence-corrected chi connectivity index (χ1v) is 9.90. The Morgan fingerprint density at radius 2 is 1.81 bits per heavy atom. The number of unbranched alkanes of at least 4 members (excludes halogenated alkanes) is 2. The number of phenolic OH excluding ortho intramolecular Hbond substituents is 1. The second-order valence-electron chi connectivity index (χ2n) is 7.38. The predicted molar refractivity (Wildman–Crippen MR) is 105 cm³/mol. The highest BCUT2D eigenvalue weighted by atomic mass is 16.5. The van der Waals surface area contributed by atoms with Crippen LogP contribution in [0.15, 0.2) is 48.5 Å². The van der Waals surface area contributed by atoms with Crippen LogP contribution in [-0.4, -0.2) is 22.9 Å². The molecule has 0 heterocycles. The van der Waals surface area contributed by atoms with E-state index in [0.717, 1.165) is 56.3 Å². The lowest BCUT2D eigenvalue weighted by Crippen LogP contribution is -2.18. The highest BCUT2D eigenvalue weighted by Gasteiger charge is 2.23. The van der Waals surface area contributed by atoms with Crippen LogP contribution in [0.5, 0.6) is 11.5 Å². The molecule has 1 saturated carbocycles. The number of benzene rings is 2. The molecule has 0 spiro atoms. The minimum Gasteiger partial charge on any atom is -0.508 e. The summed E-state index contributed by atoms with van der Waals surface area (Å²) in [4.78, 5) is 0. The average Bonchev–Trinajstić information content (AvgIpc) is 2.65. The van der Waals surface area contributed by atoms with Crippen molar-refractivity contribution in [1.29, 1.82) is 0 Å². The van der Waals surface area contributed by atoms with E-state index in [1.807, 2.05) is 12.1 Å². The maximum absolute atomic E-state index is 10.3. The van der Waals surface area contributed by atoms with Crippen molar-refractivity contribution in [3.05, 3.63) is 59.7 Å². The number of aliphatic hydroxyl groups excluding tert-OH is 1. The molecule has 2 N–H and O–H groups in total. The Kier molecular flexibility index (Phi) is 6.96. The van der Waals surface area contributed by atoms with E-state index in [9.17, 15) is 10.2 Å². The monoisotopic (exact) mass is 354 g/mol. The Labute approximate surface area is 156 Å². The van der Waals surface area contributed by atoms with Crippen molar-refractivity contribution in [2.75, 3.05) is 6.61 Å². The molecule has 0 aromatic heterocycles. The molecule has 2 unspecified atom stereocenters. The molecule has 0 saturated heterocycles. The van der Waals surface area contributed by atoms with E-state index in [1.54, 1.807) is 6.07 Å². The van der Waals surface area contributed by atoms with E-state index in [2.05, 4.69) is 30.3 Å². The SMILES string of the molecule is Oc1cc(OCCCCCc2ccccc2)ccc1C1CCCC(O)C1. The van der Waals surface area contributed by atoms with Crippen LogP contribution in [-0.2, 0) is 6.42 Å². The minimum atomic E-state index is -0.236. The summed E-state index contributed by atoms with van der Waals surface area (Å²) >= 11 is 0. The van der Waals surface area contributed by atoms with Crippen LogP contribution in [0.1, 0.15) is 62.0 Å². The van der Waals surface area contributed by atoms with Crippen molar-refractivity contribution in [1.82, 2.24) is 0 Å². The molecule has 1 fully saturated rings. The van der Waals surface area contributed by atoms with Gasteiger partial charge in [-0.05, 0) is 68.1 Å². The fourth-order valence-electron chi connectivity index (χ4n) is 3.85. The molecular weight excluding hydrogens is 324 g/mol. The van der Waals surface area contributed by atoms with Crippen LogP contribution in [0.4, 0.5) is 0 Å². The molecule has 2 atom stereocenters. The normalized spacial score (nSPS) is 20.0. The summed E-state index contributed by atoms with van der Waals surface area (Å²) in [6.45, 7) is 0.676. The highest BCUT2D eigenvalue weighted by Crippen LogP contribution is 2.38. The Bertz CT molecular complexity index is 668. The first-order chi connectivity index (χ1) is 12.7. The summed E-state index contributed by atoms with van der Waals surface area (Å²) in [7, 11) is 0. The topological polar surface area (TPSA) is 49.7 Å². The lowest BCUT2D eigenvalue weighted by atomic mass is 9.82. The van der Waals surface area contributed by atoms with Crippen molar-refractivity contribution in [3.63, 3.8) is 0 Å². The van der Waals surface area contributed by atoms with Crippen LogP contribution in [0, 0.1) is 0 Å². The number of hydrogen-bond donors (Lipinski definition) is 2. The third kappa shape index (κ3) is 5.50. The molecule has 3 rings (SSSR count). The average molecular weight is 354 g/mol. The summed E-state index contributed by atoms with van der Waals surface area (Å²) in [6, 6.07) is 16.2. The van der Waals surface area contributed by atoms with Crippen molar-refractivity contribution < 1.29 is 14.9 Å². The predicted octanol–water partition coefficient (Wildman–Crippen LogP) is 5.20. The molecule has 0 aliphatic heterocycles. The summed E-state index contributed by atoms with van der Waals surface area (Å²) in [5, 5.41) is 20.2. The van der Waals surface area contributed by atoms with Gasteiger partial charge in [0.15, 0.2) is 0 Å². The van der Waals surface area contributed by atoms with E-state index >= 15 is 0 Å². The third-order valence-electron chi connectivity index (χ3n) is 5.31. The maximum atomic E-state index is 10.3. The molecular formula is C23H30O3. The first kappa shape index (κ1) is 18.8. The molecule has 1 aliphatic carbocycles. The minimum absolute atomic E-state index is 0.236. The largest absolute Gasteiger partial charge is 0.508 e. The van der Waals surface area contributed by atoms with Crippen LogP contribution in [0.2, 0.25) is 0 Å². The summed E-state index contributed by atoms with van der Waals surface area (Å²) in [6.07, 6.45) is 7.88. The molecule has 0 radical (unpaired) electrons. The molecule has 0 bridgehead atoms. The number of aliphatic hydroxyl groups is 1. The van der Waals surface area contributed by atoms with Crippen LogP contribution in [0.25, 0.3) is 0 Å². The van der Waals surface area contributed by atoms with E-state index in [4.69, 9.17) is 4.74 Å². The lowest BCUT2D eigenvalue weighted by Gasteiger charge is -2.26. The van der Waals surface area contributed by atoms with Crippen molar-refractivity contribution >= 4 is 0 Å². The van der Waals surface area contributed by atoms with Crippen LogP contribution >= 0.6 is 0 Å². The van der Waals surface area contributed by atoms with E-state index in [0.29, 0.717) is 12.4 Å². The van der Waals surface area contributed by atoms with Crippen molar-refractivity contribution in [2.45, 2.75) is 63.4 Å². The summed E-state index contributed by atoms with van der Waals surface area (Å²) in [5.74, 6) is 1.28. The van der Waals surface area contributed by atoms with Gasteiger partial charge in [0.2, 0.25) is 0 Å². The maximum Gasteiger partial charge on any atom is 0.122 e. The Hall–Kier alpha value is -2.00. The number of ether oxygens (including phenoxy) is 1. The zero-order chi connectivity index (χ0) is 18.2. The lowest BCUT2D eigenvalue weighted by molar-refractivity contribution is 0.119. The van der Waals surface area contributed by atoms with Crippen LogP contribution < -0.4 is 4.74 Å². The van der Waals surface area contributed by atoms with Gasteiger partial charge in [-0.2, -0.15) is 0 Å². The Morgan fingerprint density at radius 1 is 0.962 bits per heavy atom. The zero-order valence-corrected chi connectivity index (χ0v) is 15.4. The molecule has 0 amide bonds.